The highest BCUT2D eigenvalue weighted by molar-refractivity contribution is 7.80. The van der Waals surface area contributed by atoms with Gasteiger partial charge in [-0.3, -0.25) is 24.7 Å². The third kappa shape index (κ3) is 12.0. The molecule has 0 aliphatic carbocycles. The van der Waals surface area contributed by atoms with E-state index in [1.54, 1.807) is 13.8 Å². The second kappa shape index (κ2) is 14.4. The molecule has 1 aromatic rings. The van der Waals surface area contributed by atoms with E-state index in [9.17, 15) is 24.3 Å². The van der Waals surface area contributed by atoms with Gasteiger partial charge in [-0.2, -0.15) is 12.6 Å². The van der Waals surface area contributed by atoms with Crippen LogP contribution in [0.4, 0.5) is 10.7 Å². The number of unbranched alkanes of at least 4 members (excludes halogenated alkanes) is 1. The van der Waals surface area contributed by atoms with Crippen molar-refractivity contribution in [2.45, 2.75) is 45.6 Å². The van der Waals surface area contributed by atoms with Crippen LogP contribution in [0.3, 0.4) is 0 Å². The summed E-state index contributed by atoms with van der Waals surface area (Å²) >= 11 is 4.01. The van der Waals surface area contributed by atoms with Crippen molar-refractivity contribution in [1.29, 1.82) is 0 Å². The molecule has 0 bridgehead atoms. The maximum Gasteiger partial charge on any atom is 0.321 e. The largest absolute Gasteiger partial charge is 0.393 e. The summed E-state index contributed by atoms with van der Waals surface area (Å²) in [6.45, 7) is 4.58. The summed E-state index contributed by atoms with van der Waals surface area (Å²) in [4.78, 5) is 53.2. The number of urea groups is 1. The Morgan fingerprint density at radius 1 is 1.16 bits per heavy atom. The Kier molecular flexibility index (Phi) is 12.3. The topological polar surface area (TPSA) is 165 Å². The number of aromatic amines is 1. The molecule has 1 heterocycles. The summed E-state index contributed by atoms with van der Waals surface area (Å²) in [6, 6.07) is 0.826. The van der Waals surface area contributed by atoms with Crippen LogP contribution in [0, 0.1) is 12.8 Å². The van der Waals surface area contributed by atoms with Crippen LogP contribution in [-0.4, -0.2) is 64.4 Å². The number of thiol groups is 1. The zero-order chi connectivity index (χ0) is 23.2. The maximum absolute atomic E-state index is 11.9. The van der Waals surface area contributed by atoms with Crippen LogP contribution in [0.1, 0.15) is 38.3 Å². The van der Waals surface area contributed by atoms with Gasteiger partial charge in [0.2, 0.25) is 17.8 Å². The van der Waals surface area contributed by atoms with Gasteiger partial charge >= 0.3 is 6.03 Å². The van der Waals surface area contributed by atoms with Crippen molar-refractivity contribution in [1.82, 2.24) is 25.9 Å². The van der Waals surface area contributed by atoms with E-state index in [2.05, 4.69) is 43.9 Å². The van der Waals surface area contributed by atoms with Crippen molar-refractivity contribution < 1.29 is 19.5 Å². The fraction of sp³-hybridized carbons (Fsp3) is 0.632. The number of aliphatic hydroxyl groups is 1. The number of carbonyl (C=O) groups is 3. The summed E-state index contributed by atoms with van der Waals surface area (Å²) in [7, 11) is 0. The van der Waals surface area contributed by atoms with Gasteiger partial charge in [0, 0.05) is 43.1 Å². The Morgan fingerprint density at radius 2 is 1.84 bits per heavy atom. The molecule has 1 aromatic heterocycles. The lowest BCUT2D eigenvalue weighted by molar-refractivity contribution is -0.127. The quantitative estimate of drug-likeness (QED) is 0.162. The third-order valence-electron chi connectivity index (χ3n) is 4.22. The number of H-pyrrole nitrogens is 1. The number of aromatic nitrogens is 2. The van der Waals surface area contributed by atoms with Crippen LogP contribution in [0.5, 0.6) is 0 Å². The van der Waals surface area contributed by atoms with Gasteiger partial charge in [-0.05, 0) is 26.2 Å². The first-order valence-electron chi connectivity index (χ1n) is 10.2. The number of rotatable bonds is 13. The minimum absolute atomic E-state index is 0.0711. The van der Waals surface area contributed by atoms with Crippen LogP contribution in [0.2, 0.25) is 0 Å². The lowest BCUT2D eigenvalue weighted by atomic mass is 10.0. The average Bonchev–Trinajstić information content (AvgIpc) is 2.67. The lowest BCUT2D eigenvalue weighted by Gasteiger charge is -2.16. The average molecular weight is 457 g/mol. The van der Waals surface area contributed by atoms with Gasteiger partial charge in [-0.15, -0.1) is 0 Å². The Hall–Kier alpha value is -2.60. The van der Waals surface area contributed by atoms with Crippen molar-refractivity contribution in [3.05, 3.63) is 22.1 Å². The molecule has 174 valence electrons. The number of amides is 4. The van der Waals surface area contributed by atoms with Crippen molar-refractivity contribution >= 4 is 36.4 Å². The van der Waals surface area contributed by atoms with Crippen LogP contribution < -0.4 is 26.8 Å². The minimum Gasteiger partial charge on any atom is -0.393 e. The monoisotopic (exact) mass is 456 g/mol. The number of aliphatic hydroxyl groups excluding tert-OH is 1. The molecule has 2 atom stereocenters. The van der Waals surface area contributed by atoms with Crippen molar-refractivity contribution in [2.24, 2.45) is 5.92 Å². The van der Waals surface area contributed by atoms with Crippen LogP contribution in [0.15, 0.2) is 10.9 Å². The summed E-state index contributed by atoms with van der Waals surface area (Å²) in [5.41, 5.74) is 0.140. The first-order chi connectivity index (χ1) is 14.7. The standard InChI is InChI=1S/C19H32N6O5S/c1-12(17(29)21-7-8-31)9-14(26)11-15(27)20-5-3-4-6-22-19(30)25-18-23-13(2)10-16(28)24-18/h10,12,14,26,31H,3-9,11H2,1-2H3,(H,20,27)(H,21,29)(H3,22,23,24,25,28,30)/t12-,14-/m0/s1. The van der Waals surface area contributed by atoms with E-state index in [1.165, 1.54) is 6.07 Å². The number of hydrogen-bond donors (Lipinski definition) is 7. The molecule has 12 heteroatoms. The number of hydrogen-bond acceptors (Lipinski definition) is 7. The Labute approximate surface area is 186 Å². The van der Waals surface area contributed by atoms with Gasteiger partial charge in [0.15, 0.2) is 0 Å². The molecule has 11 nitrogen and oxygen atoms in total. The van der Waals surface area contributed by atoms with Crippen LogP contribution in [0.25, 0.3) is 0 Å². The zero-order valence-electron chi connectivity index (χ0n) is 17.9. The summed E-state index contributed by atoms with van der Waals surface area (Å²) in [6.07, 6.45) is 0.475. The number of anilines is 1. The van der Waals surface area contributed by atoms with Gasteiger partial charge < -0.3 is 21.1 Å². The number of nitrogens with one attached hydrogen (secondary N) is 5. The fourth-order valence-corrected chi connectivity index (χ4v) is 2.82. The number of aryl methyl sites for hydroxylation is 1. The van der Waals surface area contributed by atoms with Crippen molar-refractivity contribution in [3.63, 3.8) is 0 Å². The normalized spacial score (nSPS) is 12.5. The highest BCUT2D eigenvalue weighted by atomic mass is 32.1. The van der Waals surface area contributed by atoms with E-state index >= 15 is 0 Å². The first-order valence-corrected chi connectivity index (χ1v) is 10.8. The molecule has 0 spiro atoms. The molecule has 0 unspecified atom stereocenters. The number of nitrogens with zero attached hydrogens (tertiary/aromatic N) is 1. The molecule has 0 aliphatic rings. The smallest absolute Gasteiger partial charge is 0.321 e. The van der Waals surface area contributed by atoms with E-state index in [0.717, 1.165) is 0 Å². The second-order valence-electron chi connectivity index (χ2n) is 7.18. The van der Waals surface area contributed by atoms with E-state index in [0.29, 0.717) is 43.9 Å². The van der Waals surface area contributed by atoms with Gasteiger partial charge in [0.05, 0.1) is 12.5 Å². The molecule has 0 fully saturated rings. The van der Waals surface area contributed by atoms with E-state index in [1.807, 2.05) is 0 Å². The van der Waals surface area contributed by atoms with E-state index < -0.39 is 18.1 Å². The van der Waals surface area contributed by atoms with Crippen molar-refractivity contribution in [3.8, 4) is 0 Å². The Balaban J connectivity index is 2.13. The van der Waals surface area contributed by atoms with E-state index in [-0.39, 0.29) is 36.2 Å². The number of carbonyl (C=O) groups excluding carboxylic acids is 3. The van der Waals surface area contributed by atoms with Gasteiger partial charge in [0.25, 0.3) is 5.56 Å². The SMILES string of the molecule is Cc1cc(=O)[nH]c(NC(=O)NCCCCNC(=O)C[C@@H](O)C[C@H](C)C(=O)NCCS)n1. The lowest BCUT2D eigenvalue weighted by Crippen LogP contribution is -2.34. The van der Waals surface area contributed by atoms with Gasteiger partial charge in [-0.25, -0.2) is 9.78 Å². The molecule has 0 radical (unpaired) electrons. The Morgan fingerprint density at radius 3 is 2.48 bits per heavy atom. The fourth-order valence-electron chi connectivity index (χ4n) is 2.71. The van der Waals surface area contributed by atoms with Crippen molar-refractivity contribution in [2.75, 3.05) is 30.7 Å². The molecule has 0 saturated heterocycles. The first kappa shape index (κ1) is 26.4. The predicted molar refractivity (Wildman–Crippen MR) is 120 cm³/mol. The highest BCUT2D eigenvalue weighted by Crippen LogP contribution is 2.09. The molecule has 0 saturated carbocycles. The summed E-state index contributed by atoms with van der Waals surface area (Å²) < 4.78 is 0. The predicted octanol–water partition coefficient (Wildman–Crippen LogP) is -0.0806. The molecule has 0 aliphatic heterocycles. The molecule has 0 aromatic carbocycles. The zero-order valence-corrected chi connectivity index (χ0v) is 18.8. The third-order valence-corrected chi connectivity index (χ3v) is 4.44. The summed E-state index contributed by atoms with van der Waals surface area (Å²) in [5.74, 6) is -0.256. The minimum atomic E-state index is -0.899. The molecule has 6 N–H and O–H groups in total. The maximum atomic E-state index is 11.9. The summed E-state index contributed by atoms with van der Waals surface area (Å²) in [5, 5.41) is 20.4. The van der Waals surface area contributed by atoms with Crippen LogP contribution >= 0.6 is 12.6 Å². The highest BCUT2D eigenvalue weighted by Gasteiger charge is 2.19. The van der Waals surface area contributed by atoms with Gasteiger partial charge in [0.1, 0.15) is 0 Å². The van der Waals surface area contributed by atoms with E-state index in [4.69, 9.17) is 0 Å². The Bertz CT molecular complexity index is 787. The van der Waals surface area contributed by atoms with Gasteiger partial charge in [-0.1, -0.05) is 6.92 Å². The second-order valence-corrected chi connectivity index (χ2v) is 7.63. The molecule has 1 rings (SSSR count). The molecule has 4 amide bonds. The molecule has 31 heavy (non-hydrogen) atoms. The molecular weight excluding hydrogens is 424 g/mol. The van der Waals surface area contributed by atoms with Crippen LogP contribution in [-0.2, 0) is 9.59 Å². The molecular formula is C19H32N6O5S.